The number of aryl methyl sites for hydroxylation is 2. The van der Waals surface area contributed by atoms with Gasteiger partial charge in [-0.1, -0.05) is 12.1 Å². The molecule has 2 aromatic carbocycles. The zero-order valence-electron chi connectivity index (χ0n) is 15.2. The molecule has 6 heteroatoms. The van der Waals surface area contributed by atoms with Gasteiger partial charge in [-0.15, -0.1) is 0 Å². The Morgan fingerprint density at radius 1 is 0.929 bits per heavy atom. The van der Waals surface area contributed by atoms with Crippen molar-refractivity contribution in [1.82, 2.24) is 0 Å². The molecule has 1 aliphatic rings. The summed E-state index contributed by atoms with van der Waals surface area (Å²) in [5.41, 5.74) is 3.79. The topological polar surface area (TPSA) is 80.6 Å². The van der Waals surface area contributed by atoms with Crippen molar-refractivity contribution in [3.8, 4) is 5.75 Å². The second kappa shape index (κ2) is 8.00. The molecule has 1 aliphatic carbocycles. The first kappa shape index (κ1) is 17.9. The summed E-state index contributed by atoms with van der Waals surface area (Å²) < 4.78 is 10.7. The van der Waals surface area contributed by atoms with E-state index < -0.39 is 0 Å². The van der Waals surface area contributed by atoms with Gasteiger partial charge in [-0.2, -0.15) is 0 Å². The third-order valence-corrected chi connectivity index (χ3v) is 4.59. The molecule has 2 N–H and O–H groups in total. The molecule has 1 aromatic heterocycles. The lowest BCUT2D eigenvalue weighted by atomic mass is 10.1. The molecule has 0 radical (unpaired) electrons. The van der Waals surface area contributed by atoms with E-state index in [9.17, 15) is 9.59 Å². The van der Waals surface area contributed by atoms with Crippen LogP contribution in [0.15, 0.2) is 65.3 Å². The summed E-state index contributed by atoms with van der Waals surface area (Å²) in [4.78, 5) is 24.2. The largest absolute Gasteiger partial charge is 0.484 e. The molecule has 3 aromatic rings. The van der Waals surface area contributed by atoms with Crippen LogP contribution >= 0.6 is 0 Å². The molecule has 0 bridgehead atoms. The van der Waals surface area contributed by atoms with Crippen molar-refractivity contribution >= 4 is 23.2 Å². The molecule has 0 spiro atoms. The van der Waals surface area contributed by atoms with E-state index in [1.807, 2.05) is 12.1 Å². The average molecular weight is 376 g/mol. The van der Waals surface area contributed by atoms with E-state index in [-0.39, 0.29) is 24.2 Å². The minimum atomic E-state index is -0.353. The molecule has 0 aliphatic heterocycles. The van der Waals surface area contributed by atoms with Crippen LogP contribution in [0, 0.1) is 0 Å². The molecule has 6 nitrogen and oxygen atoms in total. The van der Waals surface area contributed by atoms with Crippen molar-refractivity contribution in [2.24, 2.45) is 0 Å². The fourth-order valence-electron chi connectivity index (χ4n) is 3.26. The third-order valence-electron chi connectivity index (χ3n) is 4.59. The number of hydrogen-bond donors (Lipinski definition) is 2. The van der Waals surface area contributed by atoms with Crippen LogP contribution in [-0.4, -0.2) is 18.4 Å². The van der Waals surface area contributed by atoms with Crippen LogP contribution in [-0.2, 0) is 17.6 Å². The minimum Gasteiger partial charge on any atom is -0.484 e. The Labute approximate surface area is 162 Å². The van der Waals surface area contributed by atoms with Gasteiger partial charge in [0.2, 0.25) is 0 Å². The Hall–Kier alpha value is -3.54. The Morgan fingerprint density at radius 2 is 1.75 bits per heavy atom. The summed E-state index contributed by atoms with van der Waals surface area (Å²) in [6.07, 6.45) is 4.79. The van der Waals surface area contributed by atoms with Gasteiger partial charge in [0, 0.05) is 11.4 Å². The lowest BCUT2D eigenvalue weighted by Gasteiger charge is -2.10. The monoisotopic (exact) mass is 376 g/mol. The number of anilines is 2. The Bertz CT molecular complexity index is 996. The van der Waals surface area contributed by atoms with E-state index >= 15 is 0 Å². The van der Waals surface area contributed by atoms with Crippen LogP contribution in [0.1, 0.15) is 28.1 Å². The van der Waals surface area contributed by atoms with Gasteiger partial charge in [-0.3, -0.25) is 9.59 Å². The van der Waals surface area contributed by atoms with Gasteiger partial charge in [0.15, 0.2) is 12.4 Å². The second-order valence-electron chi connectivity index (χ2n) is 6.63. The van der Waals surface area contributed by atoms with Crippen LogP contribution in [0.25, 0.3) is 0 Å². The van der Waals surface area contributed by atoms with Crippen molar-refractivity contribution in [2.45, 2.75) is 19.3 Å². The molecule has 0 fully saturated rings. The number of furan rings is 1. The molecular weight excluding hydrogens is 356 g/mol. The minimum absolute atomic E-state index is 0.0816. The summed E-state index contributed by atoms with van der Waals surface area (Å²) in [5.74, 6) is 0.302. The maximum absolute atomic E-state index is 12.2. The first-order valence-electron chi connectivity index (χ1n) is 9.17. The summed E-state index contributed by atoms with van der Waals surface area (Å²) in [5, 5.41) is 5.50. The van der Waals surface area contributed by atoms with Crippen molar-refractivity contribution in [1.29, 1.82) is 0 Å². The number of rotatable bonds is 6. The van der Waals surface area contributed by atoms with Gasteiger partial charge >= 0.3 is 0 Å². The van der Waals surface area contributed by atoms with E-state index in [4.69, 9.17) is 9.15 Å². The van der Waals surface area contributed by atoms with E-state index in [0.717, 1.165) is 12.8 Å². The summed E-state index contributed by atoms with van der Waals surface area (Å²) in [6, 6.07) is 16.1. The van der Waals surface area contributed by atoms with E-state index in [1.165, 1.54) is 23.8 Å². The number of carbonyl (C=O) groups excluding carboxylic acids is 2. The average Bonchev–Trinajstić information content (AvgIpc) is 3.38. The second-order valence-corrected chi connectivity index (χ2v) is 6.63. The number of nitrogens with one attached hydrogen (secondary N) is 2. The molecule has 142 valence electrons. The molecule has 0 unspecified atom stereocenters. The van der Waals surface area contributed by atoms with E-state index in [0.29, 0.717) is 17.1 Å². The quantitative estimate of drug-likeness (QED) is 0.680. The highest BCUT2D eigenvalue weighted by Gasteiger charge is 2.12. The van der Waals surface area contributed by atoms with Gasteiger partial charge in [-0.25, -0.2) is 0 Å². The smallest absolute Gasteiger partial charge is 0.291 e. The van der Waals surface area contributed by atoms with Crippen LogP contribution in [0.2, 0.25) is 0 Å². The Morgan fingerprint density at radius 3 is 2.57 bits per heavy atom. The molecule has 2 amide bonds. The van der Waals surface area contributed by atoms with Gasteiger partial charge in [0.05, 0.1) is 6.26 Å². The SMILES string of the molecule is O=C(COc1ccc2c(c1)CCC2)Nc1cccc(NC(=O)c2ccco2)c1. The van der Waals surface area contributed by atoms with Crippen LogP contribution < -0.4 is 15.4 Å². The Kier molecular flexibility index (Phi) is 5.10. The predicted octanol–water partition coefficient (Wildman–Crippen LogP) is 4.04. The number of benzene rings is 2. The van der Waals surface area contributed by atoms with Crippen LogP contribution in [0.5, 0.6) is 5.75 Å². The molecule has 4 rings (SSSR count). The van der Waals surface area contributed by atoms with Gasteiger partial charge in [0.1, 0.15) is 5.75 Å². The molecule has 0 atom stereocenters. The van der Waals surface area contributed by atoms with Gasteiger partial charge < -0.3 is 19.8 Å². The predicted molar refractivity (Wildman–Crippen MR) is 106 cm³/mol. The highest BCUT2D eigenvalue weighted by atomic mass is 16.5. The normalized spacial score (nSPS) is 12.3. The summed E-state index contributed by atoms with van der Waals surface area (Å²) >= 11 is 0. The van der Waals surface area contributed by atoms with Crippen molar-refractivity contribution < 1.29 is 18.7 Å². The fraction of sp³-hybridized carbons (Fsp3) is 0.182. The molecule has 0 saturated carbocycles. The molecular formula is C22H20N2O4. The number of hydrogen-bond acceptors (Lipinski definition) is 4. The van der Waals surface area contributed by atoms with Crippen molar-refractivity contribution in [3.63, 3.8) is 0 Å². The van der Waals surface area contributed by atoms with Gasteiger partial charge in [-0.05, 0) is 72.9 Å². The van der Waals surface area contributed by atoms with E-state index in [2.05, 4.69) is 16.7 Å². The van der Waals surface area contributed by atoms with E-state index in [1.54, 1.807) is 36.4 Å². The van der Waals surface area contributed by atoms with Crippen LogP contribution in [0.4, 0.5) is 11.4 Å². The van der Waals surface area contributed by atoms with Gasteiger partial charge in [0.25, 0.3) is 11.8 Å². The lowest BCUT2D eigenvalue weighted by molar-refractivity contribution is -0.118. The number of fused-ring (bicyclic) bond motifs is 1. The third kappa shape index (κ3) is 4.23. The molecule has 28 heavy (non-hydrogen) atoms. The van der Waals surface area contributed by atoms with Crippen LogP contribution in [0.3, 0.4) is 0 Å². The first-order valence-corrected chi connectivity index (χ1v) is 9.17. The standard InChI is InChI=1S/C22H20N2O4/c25-21(14-28-19-10-9-15-4-1-5-16(15)12-19)23-17-6-2-7-18(13-17)24-22(26)20-8-3-11-27-20/h2-3,6-13H,1,4-5,14H2,(H,23,25)(H,24,26). The summed E-state index contributed by atoms with van der Waals surface area (Å²) in [6.45, 7) is -0.0816. The molecule has 0 saturated heterocycles. The highest BCUT2D eigenvalue weighted by molar-refractivity contribution is 6.02. The Balaban J connectivity index is 1.32. The van der Waals surface area contributed by atoms with Crippen molar-refractivity contribution in [3.05, 3.63) is 77.7 Å². The number of ether oxygens (including phenoxy) is 1. The fourth-order valence-corrected chi connectivity index (χ4v) is 3.26. The zero-order valence-corrected chi connectivity index (χ0v) is 15.2. The number of carbonyl (C=O) groups is 2. The lowest BCUT2D eigenvalue weighted by Crippen LogP contribution is -2.20. The highest BCUT2D eigenvalue weighted by Crippen LogP contribution is 2.26. The maximum atomic E-state index is 12.2. The van der Waals surface area contributed by atoms with Crippen molar-refractivity contribution in [2.75, 3.05) is 17.2 Å². The summed E-state index contributed by atoms with van der Waals surface area (Å²) in [7, 11) is 0. The maximum Gasteiger partial charge on any atom is 0.291 e. The first-order chi connectivity index (χ1) is 13.7. The number of amides is 2. The molecule has 1 heterocycles. The zero-order chi connectivity index (χ0) is 19.3.